The molecule has 0 saturated carbocycles. The average Bonchev–Trinajstić information content (AvgIpc) is 2.74. The number of hydrogen-bond acceptors (Lipinski definition) is 6. The van der Waals surface area contributed by atoms with Gasteiger partial charge in [0.1, 0.15) is 23.8 Å². The number of phenolic OH excluding ortho intramolecular Hbond substituents is 1. The highest BCUT2D eigenvalue weighted by Crippen LogP contribution is 2.29. The first kappa shape index (κ1) is 23.6. The normalized spacial score (nSPS) is 10.4. The van der Waals surface area contributed by atoms with Crippen molar-refractivity contribution < 1.29 is 29.3 Å². The van der Waals surface area contributed by atoms with Crippen molar-refractivity contribution in [2.24, 2.45) is 0 Å². The van der Waals surface area contributed by atoms with Gasteiger partial charge in [-0.05, 0) is 37.1 Å². The van der Waals surface area contributed by atoms with Gasteiger partial charge in [0.15, 0.2) is 5.78 Å². The smallest absolute Gasteiger partial charge is 0.305 e. The van der Waals surface area contributed by atoms with Crippen molar-refractivity contribution in [2.75, 3.05) is 13.1 Å². The van der Waals surface area contributed by atoms with Gasteiger partial charge in [0, 0.05) is 19.2 Å². The molecule has 1 heterocycles. The van der Waals surface area contributed by atoms with Crippen LogP contribution < -0.4 is 4.74 Å². The molecule has 1 aromatic heterocycles. The molecule has 8 heteroatoms. The molecule has 8 nitrogen and oxygen atoms in total. The lowest BCUT2D eigenvalue weighted by atomic mass is 10.0. The van der Waals surface area contributed by atoms with Crippen molar-refractivity contribution in [2.45, 2.75) is 33.3 Å². The standard InChI is InChI=1S/C23H26N2O6/c1-4-10-25(11-9-22(28)29)23(30)19-8-6-7-17(24-19)14-31-21-13-20(27)18(15(3)26)12-16(21)5-2/h4,6-8,12-13,27H,1,5,9-11,14H2,2-3H3,(H,28,29). The Balaban J connectivity index is 2.18. The van der Waals surface area contributed by atoms with Crippen molar-refractivity contribution in [3.05, 3.63) is 65.5 Å². The van der Waals surface area contributed by atoms with Crippen LogP contribution in [0.3, 0.4) is 0 Å². The number of nitrogens with zero attached hydrogens (tertiary/aromatic N) is 2. The minimum absolute atomic E-state index is 0.0452. The van der Waals surface area contributed by atoms with Crippen LogP contribution in [0.4, 0.5) is 0 Å². The number of rotatable bonds is 11. The fraction of sp³-hybridized carbons (Fsp3) is 0.304. The molecule has 0 aliphatic rings. The van der Waals surface area contributed by atoms with Crippen LogP contribution in [-0.4, -0.2) is 50.8 Å². The predicted octanol–water partition coefficient (Wildman–Crippen LogP) is 3.23. The number of aromatic hydroxyl groups is 1. The van der Waals surface area contributed by atoms with E-state index in [-0.39, 0.29) is 48.9 Å². The number of pyridine rings is 1. The fourth-order valence-electron chi connectivity index (χ4n) is 2.96. The first-order chi connectivity index (χ1) is 14.8. The molecule has 0 aliphatic carbocycles. The number of hydrogen-bond donors (Lipinski definition) is 2. The number of Topliss-reactive ketones (excluding diaryl/α,β-unsaturated/α-hetero) is 1. The molecule has 31 heavy (non-hydrogen) atoms. The Morgan fingerprint density at radius 2 is 2.00 bits per heavy atom. The quantitative estimate of drug-likeness (QED) is 0.418. The Bertz CT molecular complexity index is 986. The molecule has 2 N–H and O–H groups in total. The molecule has 0 fully saturated rings. The highest BCUT2D eigenvalue weighted by Gasteiger charge is 2.18. The zero-order chi connectivity index (χ0) is 23.0. The Kier molecular flexibility index (Phi) is 8.31. The molecule has 0 unspecified atom stereocenters. The summed E-state index contributed by atoms with van der Waals surface area (Å²) in [7, 11) is 0. The van der Waals surface area contributed by atoms with Gasteiger partial charge < -0.3 is 19.8 Å². The van der Waals surface area contributed by atoms with E-state index in [0.29, 0.717) is 17.9 Å². The summed E-state index contributed by atoms with van der Waals surface area (Å²) in [5, 5.41) is 19.0. The maximum Gasteiger partial charge on any atom is 0.305 e. The molecule has 0 bridgehead atoms. The van der Waals surface area contributed by atoms with Gasteiger partial charge in [-0.2, -0.15) is 0 Å². The largest absolute Gasteiger partial charge is 0.507 e. The number of phenols is 1. The number of ether oxygens (including phenoxy) is 1. The topological polar surface area (TPSA) is 117 Å². The van der Waals surface area contributed by atoms with Crippen LogP contribution in [-0.2, 0) is 17.8 Å². The zero-order valence-electron chi connectivity index (χ0n) is 17.6. The van der Waals surface area contributed by atoms with Crippen LogP contribution in [0.15, 0.2) is 43.0 Å². The van der Waals surface area contributed by atoms with Gasteiger partial charge in [-0.15, -0.1) is 6.58 Å². The van der Waals surface area contributed by atoms with Gasteiger partial charge in [0.25, 0.3) is 5.91 Å². The molecule has 2 rings (SSSR count). The number of aryl methyl sites for hydroxylation is 1. The lowest BCUT2D eigenvalue weighted by Gasteiger charge is -2.20. The van der Waals surface area contributed by atoms with Crippen molar-refractivity contribution in [3.8, 4) is 11.5 Å². The molecular weight excluding hydrogens is 400 g/mol. The molecule has 0 atom stereocenters. The van der Waals surface area contributed by atoms with E-state index >= 15 is 0 Å². The summed E-state index contributed by atoms with van der Waals surface area (Å²) < 4.78 is 5.80. The third kappa shape index (κ3) is 6.40. The van der Waals surface area contributed by atoms with Gasteiger partial charge in [0.05, 0.1) is 17.7 Å². The zero-order valence-corrected chi connectivity index (χ0v) is 17.6. The predicted molar refractivity (Wildman–Crippen MR) is 114 cm³/mol. The number of carbonyl (C=O) groups is 3. The van der Waals surface area contributed by atoms with Crippen molar-refractivity contribution in [1.82, 2.24) is 9.88 Å². The summed E-state index contributed by atoms with van der Waals surface area (Å²) in [5.74, 6) is -1.37. The van der Waals surface area contributed by atoms with E-state index in [1.165, 1.54) is 24.0 Å². The maximum atomic E-state index is 12.7. The van der Waals surface area contributed by atoms with E-state index in [0.717, 1.165) is 5.56 Å². The first-order valence-electron chi connectivity index (χ1n) is 9.84. The Hall–Kier alpha value is -3.68. The summed E-state index contributed by atoms with van der Waals surface area (Å²) in [5.41, 5.74) is 1.65. The van der Waals surface area contributed by atoms with E-state index in [9.17, 15) is 19.5 Å². The minimum atomic E-state index is -0.997. The number of carbonyl (C=O) groups excluding carboxylic acids is 2. The van der Waals surface area contributed by atoms with E-state index in [1.54, 1.807) is 24.3 Å². The number of benzene rings is 1. The van der Waals surface area contributed by atoms with Crippen LogP contribution in [0, 0.1) is 0 Å². The maximum absolute atomic E-state index is 12.7. The number of carboxylic acid groups (broad SMARTS) is 1. The van der Waals surface area contributed by atoms with Crippen LogP contribution in [0.25, 0.3) is 0 Å². The highest BCUT2D eigenvalue weighted by atomic mass is 16.5. The molecular formula is C23H26N2O6. The number of amides is 1. The van der Waals surface area contributed by atoms with Crippen LogP contribution in [0.5, 0.6) is 11.5 Å². The molecule has 1 amide bonds. The van der Waals surface area contributed by atoms with Crippen LogP contribution in [0.1, 0.15) is 52.4 Å². The Morgan fingerprint density at radius 3 is 2.61 bits per heavy atom. The third-order valence-electron chi connectivity index (χ3n) is 4.57. The van der Waals surface area contributed by atoms with Gasteiger partial charge in [-0.25, -0.2) is 4.98 Å². The monoisotopic (exact) mass is 426 g/mol. The van der Waals surface area contributed by atoms with Crippen LogP contribution in [0.2, 0.25) is 0 Å². The van der Waals surface area contributed by atoms with Crippen LogP contribution >= 0.6 is 0 Å². The number of aromatic nitrogens is 1. The summed E-state index contributed by atoms with van der Waals surface area (Å²) in [6.45, 7) is 7.19. The van der Waals surface area contributed by atoms with Gasteiger partial charge in [-0.3, -0.25) is 14.4 Å². The number of carboxylic acids is 1. The third-order valence-corrected chi connectivity index (χ3v) is 4.57. The highest BCUT2D eigenvalue weighted by molar-refractivity contribution is 5.97. The summed E-state index contributed by atoms with van der Waals surface area (Å²) in [4.78, 5) is 40.9. The van der Waals surface area contributed by atoms with E-state index in [2.05, 4.69) is 11.6 Å². The summed E-state index contributed by atoms with van der Waals surface area (Å²) in [6, 6.07) is 7.92. The second-order valence-corrected chi connectivity index (χ2v) is 6.87. The lowest BCUT2D eigenvalue weighted by Crippen LogP contribution is -2.33. The Morgan fingerprint density at radius 1 is 1.26 bits per heavy atom. The molecule has 0 saturated heterocycles. The number of aliphatic carboxylic acids is 1. The van der Waals surface area contributed by atoms with E-state index in [4.69, 9.17) is 9.84 Å². The van der Waals surface area contributed by atoms with Crippen molar-refractivity contribution >= 4 is 17.7 Å². The molecule has 0 spiro atoms. The minimum Gasteiger partial charge on any atom is -0.507 e. The number of ketones is 1. The van der Waals surface area contributed by atoms with Crippen molar-refractivity contribution in [1.29, 1.82) is 0 Å². The average molecular weight is 426 g/mol. The van der Waals surface area contributed by atoms with Gasteiger partial charge in [0.2, 0.25) is 0 Å². The van der Waals surface area contributed by atoms with E-state index in [1.807, 2.05) is 6.92 Å². The molecule has 1 aromatic carbocycles. The SMILES string of the molecule is C=CCN(CCC(=O)O)C(=O)c1cccc(COc2cc(O)c(C(C)=O)cc2CC)n1. The van der Waals surface area contributed by atoms with Gasteiger partial charge >= 0.3 is 5.97 Å². The second-order valence-electron chi connectivity index (χ2n) is 6.87. The second kappa shape index (κ2) is 10.9. The molecule has 2 aromatic rings. The molecule has 0 aliphatic heterocycles. The summed E-state index contributed by atoms with van der Waals surface area (Å²) >= 11 is 0. The summed E-state index contributed by atoms with van der Waals surface area (Å²) in [6.07, 6.45) is 1.94. The van der Waals surface area contributed by atoms with E-state index < -0.39 is 11.9 Å². The lowest BCUT2D eigenvalue weighted by molar-refractivity contribution is -0.137. The van der Waals surface area contributed by atoms with Crippen molar-refractivity contribution in [3.63, 3.8) is 0 Å². The fourth-order valence-corrected chi connectivity index (χ4v) is 2.96. The Labute approximate surface area is 180 Å². The molecule has 0 radical (unpaired) electrons. The first-order valence-corrected chi connectivity index (χ1v) is 9.84. The van der Waals surface area contributed by atoms with Gasteiger partial charge in [-0.1, -0.05) is 19.1 Å². The molecule has 164 valence electrons.